The van der Waals surface area contributed by atoms with Gasteiger partial charge >= 0.3 is 0 Å². The molecule has 180 valence electrons. The van der Waals surface area contributed by atoms with Crippen LogP contribution in [0.4, 0.5) is 18.9 Å². The zero-order valence-corrected chi connectivity index (χ0v) is 19.2. The summed E-state index contributed by atoms with van der Waals surface area (Å²) in [5, 5.41) is 6.60. The lowest BCUT2D eigenvalue weighted by atomic mass is 9.83. The average molecular weight is 471 g/mol. The van der Waals surface area contributed by atoms with Crippen molar-refractivity contribution in [1.82, 2.24) is 5.32 Å². The van der Waals surface area contributed by atoms with Gasteiger partial charge in [-0.1, -0.05) is 19.1 Å². The normalized spacial score (nSPS) is 28.5. The summed E-state index contributed by atoms with van der Waals surface area (Å²) in [5.74, 6) is -2.44. The number of hydrogen-bond acceptors (Lipinski definition) is 3. The van der Waals surface area contributed by atoms with Crippen molar-refractivity contribution in [2.24, 2.45) is 11.3 Å². The van der Waals surface area contributed by atoms with Gasteiger partial charge in [0.05, 0.1) is 17.6 Å². The van der Waals surface area contributed by atoms with Gasteiger partial charge in [0.2, 0.25) is 5.91 Å². The minimum atomic E-state index is -0.918. The molecule has 3 atom stereocenters. The van der Waals surface area contributed by atoms with E-state index in [-0.39, 0.29) is 34.7 Å². The summed E-state index contributed by atoms with van der Waals surface area (Å²) in [5.41, 5.74) is 0.821. The van der Waals surface area contributed by atoms with Gasteiger partial charge in [0.1, 0.15) is 5.82 Å². The van der Waals surface area contributed by atoms with E-state index in [0.717, 1.165) is 44.5 Å². The van der Waals surface area contributed by atoms with Crippen molar-refractivity contribution in [3.63, 3.8) is 0 Å². The van der Waals surface area contributed by atoms with Crippen LogP contribution in [0.3, 0.4) is 0 Å². The van der Waals surface area contributed by atoms with Gasteiger partial charge in [0, 0.05) is 23.3 Å². The van der Waals surface area contributed by atoms with Crippen LogP contribution >= 0.6 is 0 Å². The lowest BCUT2D eigenvalue weighted by Crippen LogP contribution is -2.50. The summed E-state index contributed by atoms with van der Waals surface area (Å²) in [4.78, 5) is 13.4. The van der Waals surface area contributed by atoms with Gasteiger partial charge in [-0.05, 0) is 80.2 Å². The van der Waals surface area contributed by atoms with E-state index in [2.05, 4.69) is 10.6 Å². The Morgan fingerprint density at radius 1 is 1.12 bits per heavy atom. The molecule has 4 fully saturated rings. The largest absolute Gasteiger partial charge is 0.371 e. The van der Waals surface area contributed by atoms with Gasteiger partial charge in [0.25, 0.3) is 0 Å². The molecule has 2 aromatic rings. The summed E-state index contributed by atoms with van der Waals surface area (Å²) < 4.78 is 48.3. The number of nitrogens with one attached hydrogen (secondary N) is 2. The Morgan fingerprint density at radius 2 is 1.91 bits per heavy atom. The van der Waals surface area contributed by atoms with Crippen LogP contribution in [0.1, 0.15) is 56.1 Å². The molecule has 3 aliphatic carbocycles. The van der Waals surface area contributed by atoms with E-state index in [1.54, 1.807) is 12.1 Å². The highest BCUT2D eigenvalue weighted by Crippen LogP contribution is 2.57. The number of hydrogen-bond donors (Lipinski definition) is 2. The van der Waals surface area contributed by atoms with Crippen LogP contribution in [0.2, 0.25) is 0 Å². The van der Waals surface area contributed by atoms with Gasteiger partial charge < -0.3 is 15.4 Å². The number of carbonyl (C=O) groups is 1. The minimum absolute atomic E-state index is 0.179. The SMILES string of the molecule is C[C@H](c1ccc(F)c(F)c1)C1(C(=O)Nc2cccc(F)c2C[C@H]2CC23CNC2(CC2)CO3)CC1. The number of ether oxygens (including phenoxy) is 1. The third-order valence-corrected chi connectivity index (χ3v) is 8.76. The molecule has 4 nitrogen and oxygen atoms in total. The Bertz CT molecular complexity index is 1150. The quantitative estimate of drug-likeness (QED) is 0.619. The van der Waals surface area contributed by atoms with E-state index in [1.807, 2.05) is 6.92 Å². The van der Waals surface area contributed by atoms with E-state index in [1.165, 1.54) is 12.1 Å². The molecule has 1 saturated heterocycles. The van der Waals surface area contributed by atoms with Crippen molar-refractivity contribution in [2.75, 3.05) is 18.5 Å². The smallest absolute Gasteiger partial charge is 0.231 e. The van der Waals surface area contributed by atoms with Gasteiger partial charge in [-0.3, -0.25) is 4.79 Å². The summed E-state index contributed by atoms with van der Waals surface area (Å²) in [7, 11) is 0. The standard InChI is InChI=1S/C27H29F3N2O2/c1-16(17-5-6-21(29)22(30)11-17)26(9-10-26)24(33)32-23-4-2-3-20(28)19(23)12-18-13-27(18)14-31-25(7-8-25)15-34-27/h2-6,11,16,18,31H,7-10,12-15H2,1H3,(H,32,33)/t16-,18+,27?/m1/s1. The van der Waals surface area contributed by atoms with Crippen molar-refractivity contribution in [2.45, 2.75) is 62.5 Å². The van der Waals surface area contributed by atoms with Crippen LogP contribution in [-0.2, 0) is 16.0 Å². The highest BCUT2D eigenvalue weighted by atomic mass is 19.2. The molecule has 2 spiro atoms. The maximum atomic E-state index is 14.9. The first-order valence-electron chi connectivity index (χ1n) is 12.2. The zero-order valence-electron chi connectivity index (χ0n) is 19.2. The molecule has 2 aromatic carbocycles. The molecule has 1 heterocycles. The fourth-order valence-electron chi connectivity index (χ4n) is 5.67. The second kappa shape index (κ2) is 7.56. The minimum Gasteiger partial charge on any atom is -0.371 e. The number of benzene rings is 2. The molecule has 7 heteroatoms. The zero-order chi connectivity index (χ0) is 23.7. The fourth-order valence-corrected chi connectivity index (χ4v) is 5.67. The number of amides is 1. The molecule has 4 aliphatic rings. The van der Waals surface area contributed by atoms with Gasteiger partial charge in [0.15, 0.2) is 11.6 Å². The van der Waals surface area contributed by atoms with Gasteiger partial charge in [-0.2, -0.15) is 0 Å². The third-order valence-electron chi connectivity index (χ3n) is 8.76. The predicted molar refractivity (Wildman–Crippen MR) is 122 cm³/mol. The molecule has 0 aromatic heterocycles. The first-order valence-corrected chi connectivity index (χ1v) is 12.2. The molecule has 1 aliphatic heterocycles. The Morgan fingerprint density at radius 3 is 2.56 bits per heavy atom. The molecular weight excluding hydrogens is 441 g/mol. The first-order chi connectivity index (χ1) is 16.3. The number of halogens is 3. The summed E-state index contributed by atoms with van der Waals surface area (Å²) in [6.45, 7) is 3.37. The number of morpholine rings is 1. The third kappa shape index (κ3) is 3.64. The summed E-state index contributed by atoms with van der Waals surface area (Å²) in [6, 6.07) is 8.56. The van der Waals surface area contributed by atoms with Crippen LogP contribution in [0.5, 0.6) is 0 Å². The van der Waals surface area contributed by atoms with E-state index in [9.17, 15) is 18.0 Å². The maximum absolute atomic E-state index is 14.9. The van der Waals surface area contributed by atoms with Crippen molar-refractivity contribution >= 4 is 11.6 Å². The Kier molecular flexibility index (Phi) is 4.91. The molecule has 6 rings (SSSR count). The van der Waals surface area contributed by atoms with E-state index >= 15 is 0 Å². The Hall–Kier alpha value is -2.38. The molecule has 34 heavy (non-hydrogen) atoms. The van der Waals surface area contributed by atoms with Crippen molar-refractivity contribution < 1.29 is 22.7 Å². The van der Waals surface area contributed by atoms with Crippen LogP contribution in [0.25, 0.3) is 0 Å². The number of rotatable bonds is 6. The predicted octanol–water partition coefficient (Wildman–Crippen LogP) is 5.08. The van der Waals surface area contributed by atoms with E-state index < -0.39 is 17.0 Å². The lowest BCUT2D eigenvalue weighted by molar-refractivity contribution is -0.121. The molecular formula is C27H29F3N2O2. The second-order valence-electron chi connectivity index (χ2n) is 10.9. The second-order valence-corrected chi connectivity index (χ2v) is 10.9. The molecule has 2 N–H and O–H groups in total. The van der Waals surface area contributed by atoms with E-state index in [0.29, 0.717) is 36.1 Å². The number of carbonyl (C=O) groups excluding carboxylic acids is 1. The van der Waals surface area contributed by atoms with E-state index in [4.69, 9.17) is 4.74 Å². The topological polar surface area (TPSA) is 50.4 Å². The molecule has 0 bridgehead atoms. The van der Waals surface area contributed by atoms with Crippen LogP contribution in [-0.4, -0.2) is 30.2 Å². The van der Waals surface area contributed by atoms with Gasteiger partial charge in [-0.15, -0.1) is 0 Å². The molecule has 3 saturated carbocycles. The fraction of sp³-hybridized carbons (Fsp3) is 0.519. The Balaban J connectivity index is 1.17. The van der Waals surface area contributed by atoms with Crippen LogP contribution < -0.4 is 10.6 Å². The Labute approximate surface area is 197 Å². The van der Waals surface area contributed by atoms with Crippen molar-refractivity contribution in [3.05, 3.63) is 65.0 Å². The summed E-state index contributed by atoms with van der Waals surface area (Å²) in [6.07, 6.45) is 4.99. The maximum Gasteiger partial charge on any atom is 0.231 e. The van der Waals surface area contributed by atoms with Gasteiger partial charge in [-0.25, -0.2) is 13.2 Å². The molecule has 1 amide bonds. The first kappa shape index (κ1) is 22.1. The van der Waals surface area contributed by atoms with Crippen molar-refractivity contribution in [1.29, 1.82) is 0 Å². The summed E-state index contributed by atoms with van der Waals surface area (Å²) >= 11 is 0. The number of anilines is 1. The highest BCUT2D eigenvalue weighted by Gasteiger charge is 2.61. The van der Waals surface area contributed by atoms with Crippen LogP contribution in [0, 0.1) is 28.8 Å². The molecule has 1 unspecified atom stereocenters. The molecule has 0 radical (unpaired) electrons. The lowest BCUT2D eigenvalue weighted by Gasteiger charge is -2.32. The monoisotopic (exact) mass is 470 g/mol. The average Bonchev–Trinajstić information content (AvgIpc) is 3.71. The van der Waals surface area contributed by atoms with Crippen LogP contribution in [0.15, 0.2) is 36.4 Å². The van der Waals surface area contributed by atoms with Crippen molar-refractivity contribution in [3.8, 4) is 0 Å². The highest BCUT2D eigenvalue weighted by molar-refractivity contribution is 5.98.